The molecule has 3 rings (SSSR count). The van der Waals surface area contributed by atoms with Gasteiger partial charge in [0.1, 0.15) is 5.75 Å². The highest BCUT2D eigenvalue weighted by Crippen LogP contribution is 2.24. The van der Waals surface area contributed by atoms with E-state index in [1.54, 1.807) is 55.6 Å². The molecule has 1 N–H and O–H groups in total. The van der Waals surface area contributed by atoms with Crippen LogP contribution in [0.2, 0.25) is 5.02 Å². The molecule has 0 aliphatic carbocycles. The molecule has 1 aliphatic rings. The third kappa shape index (κ3) is 5.25. The van der Waals surface area contributed by atoms with Gasteiger partial charge in [-0.05, 0) is 54.8 Å². The quantitative estimate of drug-likeness (QED) is 0.772. The van der Waals surface area contributed by atoms with E-state index in [9.17, 15) is 13.2 Å². The van der Waals surface area contributed by atoms with Gasteiger partial charge in [0.05, 0.1) is 18.8 Å². The average molecular weight is 423 g/mol. The number of ether oxygens (including phenoxy) is 1. The maximum absolute atomic E-state index is 12.8. The summed E-state index contributed by atoms with van der Waals surface area (Å²) in [6.07, 6.45) is 1.31. The van der Waals surface area contributed by atoms with Crippen molar-refractivity contribution in [3.8, 4) is 5.75 Å². The number of hydrogen-bond donors (Lipinski definition) is 1. The normalized spacial score (nSPS) is 17.9. The standard InChI is InChI=1S/C20H23ClN2O4S/c1-27-19-9-7-18(8-10-19)22-20(24)16-5-3-11-23(13-16)28(25,26)14-15-4-2-6-17(21)12-15/h2,4,6-10,12,16H,3,5,11,13-14H2,1H3,(H,22,24). The highest BCUT2D eigenvalue weighted by molar-refractivity contribution is 7.88. The van der Waals surface area contributed by atoms with Crippen molar-refractivity contribution in [1.29, 1.82) is 0 Å². The number of nitrogens with one attached hydrogen (secondary N) is 1. The monoisotopic (exact) mass is 422 g/mol. The molecule has 0 radical (unpaired) electrons. The van der Waals surface area contributed by atoms with Crippen LogP contribution in [-0.2, 0) is 20.6 Å². The second-order valence-corrected chi connectivity index (χ2v) is 9.21. The molecule has 2 aromatic carbocycles. The Labute approximate surface area is 170 Å². The first-order valence-corrected chi connectivity index (χ1v) is 11.0. The van der Waals surface area contributed by atoms with Crippen molar-refractivity contribution in [1.82, 2.24) is 4.31 Å². The Morgan fingerprint density at radius 1 is 1.25 bits per heavy atom. The molecule has 1 heterocycles. The minimum atomic E-state index is -3.52. The third-order valence-corrected chi connectivity index (χ3v) is 6.80. The van der Waals surface area contributed by atoms with Crippen LogP contribution >= 0.6 is 11.6 Å². The fraction of sp³-hybridized carbons (Fsp3) is 0.350. The topological polar surface area (TPSA) is 75.7 Å². The van der Waals surface area contributed by atoms with E-state index in [1.807, 2.05) is 0 Å². The van der Waals surface area contributed by atoms with Crippen molar-refractivity contribution in [2.75, 3.05) is 25.5 Å². The van der Waals surface area contributed by atoms with Crippen LogP contribution in [0.3, 0.4) is 0 Å². The van der Waals surface area contributed by atoms with Crippen molar-refractivity contribution in [2.45, 2.75) is 18.6 Å². The van der Waals surface area contributed by atoms with Gasteiger partial charge in [-0.1, -0.05) is 23.7 Å². The highest BCUT2D eigenvalue weighted by Gasteiger charge is 2.32. The maximum atomic E-state index is 12.8. The predicted octanol–water partition coefficient (Wildman–Crippen LogP) is 3.53. The summed E-state index contributed by atoms with van der Waals surface area (Å²) < 4.78 is 32.1. The smallest absolute Gasteiger partial charge is 0.228 e. The van der Waals surface area contributed by atoms with Gasteiger partial charge < -0.3 is 10.1 Å². The molecule has 1 fully saturated rings. The van der Waals surface area contributed by atoms with Gasteiger partial charge in [-0.15, -0.1) is 0 Å². The van der Waals surface area contributed by atoms with Gasteiger partial charge in [-0.2, -0.15) is 0 Å². The van der Waals surface area contributed by atoms with Crippen LogP contribution in [0.15, 0.2) is 48.5 Å². The van der Waals surface area contributed by atoms with Crippen LogP contribution in [0.4, 0.5) is 5.69 Å². The Kier molecular flexibility index (Phi) is 6.59. The summed E-state index contributed by atoms with van der Waals surface area (Å²) in [7, 11) is -1.95. The maximum Gasteiger partial charge on any atom is 0.228 e. The highest BCUT2D eigenvalue weighted by atomic mass is 35.5. The van der Waals surface area contributed by atoms with E-state index in [0.29, 0.717) is 41.4 Å². The summed E-state index contributed by atoms with van der Waals surface area (Å²) in [4.78, 5) is 12.6. The minimum absolute atomic E-state index is 0.125. The molecule has 0 aromatic heterocycles. The predicted molar refractivity (Wildman–Crippen MR) is 110 cm³/mol. The Bertz CT molecular complexity index is 931. The minimum Gasteiger partial charge on any atom is -0.497 e. The molecular weight excluding hydrogens is 400 g/mol. The number of sulfonamides is 1. The van der Waals surface area contributed by atoms with Gasteiger partial charge in [0.2, 0.25) is 15.9 Å². The summed E-state index contributed by atoms with van der Waals surface area (Å²) in [5, 5.41) is 3.36. The molecular formula is C20H23ClN2O4S. The number of benzene rings is 2. The molecule has 1 aliphatic heterocycles. The van der Waals surface area contributed by atoms with Crippen molar-refractivity contribution in [3.63, 3.8) is 0 Å². The summed E-state index contributed by atoms with van der Waals surface area (Å²) in [5.74, 6) is 0.0205. The lowest BCUT2D eigenvalue weighted by atomic mass is 9.99. The van der Waals surface area contributed by atoms with E-state index in [2.05, 4.69) is 5.32 Å². The number of methoxy groups -OCH3 is 1. The number of carbonyl (C=O) groups excluding carboxylic acids is 1. The second-order valence-electron chi connectivity index (χ2n) is 6.80. The number of nitrogens with zero attached hydrogens (tertiary/aromatic N) is 1. The number of hydrogen-bond acceptors (Lipinski definition) is 4. The van der Waals surface area contributed by atoms with Gasteiger partial charge in [0.25, 0.3) is 0 Å². The summed E-state index contributed by atoms with van der Waals surface area (Å²) in [6.45, 7) is 0.611. The average Bonchev–Trinajstić information content (AvgIpc) is 2.68. The van der Waals surface area contributed by atoms with E-state index in [1.165, 1.54) is 4.31 Å². The molecule has 1 unspecified atom stereocenters. The van der Waals surface area contributed by atoms with Crippen molar-refractivity contribution < 1.29 is 17.9 Å². The fourth-order valence-electron chi connectivity index (χ4n) is 3.26. The Morgan fingerprint density at radius 2 is 2.00 bits per heavy atom. The molecule has 1 atom stereocenters. The lowest BCUT2D eigenvalue weighted by Crippen LogP contribution is -2.44. The summed E-state index contributed by atoms with van der Waals surface area (Å²) in [6, 6.07) is 13.9. The van der Waals surface area contributed by atoms with E-state index in [-0.39, 0.29) is 24.1 Å². The first-order chi connectivity index (χ1) is 13.4. The zero-order valence-electron chi connectivity index (χ0n) is 15.6. The molecule has 0 spiro atoms. The van der Waals surface area contributed by atoms with Crippen LogP contribution in [-0.4, -0.2) is 38.8 Å². The molecule has 1 amide bonds. The van der Waals surface area contributed by atoms with E-state index < -0.39 is 10.0 Å². The number of piperidine rings is 1. The zero-order valence-corrected chi connectivity index (χ0v) is 17.2. The Morgan fingerprint density at radius 3 is 2.68 bits per heavy atom. The summed E-state index contributed by atoms with van der Waals surface area (Å²) >= 11 is 5.95. The molecule has 28 heavy (non-hydrogen) atoms. The molecule has 150 valence electrons. The van der Waals surface area contributed by atoms with Gasteiger partial charge in [0.15, 0.2) is 0 Å². The van der Waals surface area contributed by atoms with Crippen LogP contribution in [0.25, 0.3) is 0 Å². The molecule has 2 aromatic rings. The van der Waals surface area contributed by atoms with E-state index in [4.69, 9.17) is 16.3 Å². The third-order valence-electron chi connectivity index (χ3n) is 4.74. The number of anilines is 1. The number of carbonyl (C=O) groups is 1. The van der Waals surface area contributed by atoms with Crippen molar-refractivity contribution in [2.24, 2.45) is 5.92 Å². The molecule has 0 saturated carbocycles. The molecule has 1 saturated heterocycles. The first-order valence-electron chi connectivity index (χ1n) is 9.04. The molecule has 0 bridgehead atoms. The van der Waals surface area contributed by atoms with Gasteiger partial charge >= 0.3 is 0 Å². The zero-order chi connectivity index (χ0) is 20.1. The first kappa shape index (κ1) is 20.6. The Hall–Kier alpha value is -2.09. The van der Waals surface area contributed by atoms with Crippen molar-refractivity contribution >= 4 is 33.2 Å². The van der Waals surface area contributed by atoms with E-state index in [0.717, 1.165) is 0 Å². The van der Waals surface area contributed by atoms with E-state index >= 15 is 0 Å². The van der Waals surface area contributed by atoms with Gasteiger partial charge in [-0.25, -0.2) is 12.7 Å². The van der Waals surface area contributed by atoms with Crippen molar-refractivity contribution in [3.05, 3.63) is 59.1 Å². The lowest BCUT2D eigenvalue weighted by Gasteiger charge is -2.31. The fourth-order valence-corrected chi connectivity index (χ4v) is 5.07. The summed E-state index contributed by atoms with van der Waals surface area (Å²) in [5.41, 5.74) is 1.29. The number of rotatable bonds is 6. The van der Waals surface area contributed by atoms with Crippen LogP contribution in [0, 0.1) is 5.92 Å². The number of amides is 1. The largest absolute Gasteiger partial charge is 0.497 e. The van der Waals surface area contributed by atoms with Crippen LogP contribution < -0.4 is 10.1 Å². The van der Waals surface area contributed by atoms with Gasteiger partial charge in [-0.3, -0.25) is 4.79 Å². The van der Waals surface area contributed by atoms with Gasteiger partial charge in [0, 0.05) is 23.8 Å². The molecule has 8 heteroatoms. The Balaban J connectivity index is 1.64. The SMILES string of the molecule is COc1ccc(NC(=O)C2CCCN(S(=O)(=O)Cc3cccc(Cl)c3)C2)cc1. The second kappa shape index (κ2) is 8.94. The molecule has 6 nitrogen and oxygen atoms in total. The van der Waals surface area contributed by atoms with Crippen LogP contribution in [0.5, 0.6) is 5.75 Å². The van der Waals surface area contributed by atoms with Crippen LogP contribution in [0.1, 0.15) is 18.4 Å². The lowest BCUT2D eigenvalue weighted by molar-refractivity contribution is -0.120. The number of halogens is 1.